The van der Waals surface area contributed by atoms with Crippen molar-refractivity contribution in [3.8, 4) is 12.1 Å². The molecule has 12 nitrogen and oxygen atoms in total. The summed E-state index contributed by atoms with van der Waals surface area (Å²) in [7, 11) is 0. The van der Waals surface area contributed by atoms with Gasteiger partial charge in [-0.05, 0) is 142 Å². The predicted octanol–water partition coefficient (Wildman–Crippen LogP) is 9.46. The van der Waals surface area contributed by atoms with Crippen molar-refractivity contribution in [3.05, 3.63) is 124 Å². The molecule has 2 saturated carbocycles. The van der Waals surface area contributed by atoms with Gasteiger partial charge in [-0.3, -0.25) is 19.3 Å². The van der Waals surface area contributed by atoms with E-state index >= 15 is 0 Å². The lowest BCUT2D eigenvalue weighted by atomic mass is 9.75. The van der Waals surface area contributed by atoms with E-state index in [1.165, 1.54) is 41.3 Å². The third kappa shape index (κ3) is 9.69. The number of isothiocyanates is 1. The van der Waals surface area contributed by atoms with E-state index in [0.717, 1.165) is 37.1 Å². The number of alkyl halides is 3. The number of hydrogen-bond acceptors (Lipinski definition) is 9. The van der Waals surface area contributed by atoms with Crippen LogP contribution < -0.4 is 25.8 Å². The SMILES string of the molecule is N#Cc1ccc(N=C=S)cc1C(F)(F)F.[2H]C([2H])([2H])NC(=O)c1ccc(N2C(=S)N(c3ccc([N+]#[C-])c(C)c3)C(=O)C23CCC3)cc1F.[2H]C([2H])([2H])NC(=O)c1ccc(NC2(C#N)CCC2)cc1F. The van der Waals surface area contributed by atoms with Crippen molar-refractivity contribution in [2.75, 3.05) is 29.1 Å². The fraction of sp³-hybridized carbons (Fsp3) is 0.273. The monoisotopic (exact) mass is 903 g/mol. The van der Waals surface area contributed by atoms with E-state index in [1.807, 2.05) is 5.16 Å². The Morgan fingerprint density at radius 2 is 1.52 bits per heavy atom. The fourth-order valence-corrected chi connectivity index (χ4v) is 7.48. The summed E-state index contributed by atoms with van der Waals surface area (Å²) < 4.78 is 108. The molecule has 63 heavy (non-hydrogen) atoms. The molecule has 7 rings (SSSR count). The first-order chi connectivity index (χ1) is 32.2. The number of carbonyl (C=O) groups excluding carboxylic acids is 3. The lowest BCUT2D eigenvalue weighted by Gasteiger charge is -2.43. The molecule has 3 N–H and O–H groups in total. The highest BCUT2D eigenvalue weighted by Gasteiger charge is 2.59. The molecular weight excluding hydrogens is 862 g/mol. The fourth-order valence-electron chi connectivity index (χ4n) is 6.91. The Hall–Kier alpha value is -7.10. The van der Waals surface area contributed by atoms with Crippen molar-refractivity contribution >= 4 is 80.9 Å². The van der Waals surface area contributed by atoms with Gasteiger partial charge in [-0.1, -0.05) is 6.07 Å². The lowest BCUT2D eigenvalue weighted by molar-refractivity contribution is -0.137. The summed E-state index contributed by atoms with van der Waals surface area (Å²) in [5, 5.41) is 26.2. The number of anilines is 3. The molecule has 0 unspecified atom stereocenters. The standard InChI is InChI=1S/C22H19FN4O2S.C13H14FN3O.C9H3F3N2S/c1-13-11-14(6-8-18(13)24-2)26-20(29)22(9-4-10-22)27(21(26)30)15-5-7-16(17(23)12-15)19(28)25-3;1-16-12(18)10-4-3-9(7-11(10)14)17-13(8-15)5-2-6-13;10-9(11,12)8-3-7(14-5-15)2-1-6(8)4-13/h5-8,11-12H,4,9-10H2,1,3H3,(H,25,28);3-4,7,17H,2,5-6H2,1H3,(H,16,18);1-3H/i3D3;1D3;. The van der Waals surface area contributed by atoms with Crippen LogP contribution in [0.2, 0.25) is 0 Å². The lowest BCUT2D eigenvalue weighted by Crippen LogP contribution is -2.55. The van der Waals surface area contributed by atoms with Crippen molar-refractivity contribution in [1.29, 1.82) is 10.5 Å². The van der Waals surface area contributed by atoms with Gasteiger partial charge in [-0.25, -0.2) is 13.6 Å². The second-order valence-corrected chi connectivity index (χ2v) is 14.8. The van der Waals surface area contributed by atoms with Crippen molar-refractivity contribution in [2.24, 2.45) is 4.99 Å². The Labute approximate surface area is 378 Å². The van der Waals surface area contributed by atoms with Gasteiger partial charge in [0.15, 0.2) is 10.8 Å². The van der Waals surface area contributed by atoms with Crippen LogP contribution >= 0.6 is 24.4 Å². The van der Waals surface area contributed by atoms with Gasteiger partial charge in [-0.2, -0.15) is 28.7 Å². The third-order valence-electron chi connectivity index (χ3n) is 10.5. The second kappa shape index (κ2) is 19.3. The minimum absolute atomic E-state index is 0.0244. The number of aliphatic imine (C=N–C) groups is 1. The number of thiocarbonyl (C=S) groups is 2. The number of nitrogens with zero attached hydrogens (tertiary/aromatic N) is 6. The average Bonchev–Trinajstić information content (AvgIpc) is 3.47. The van der Waals surface area contributed by atoms with Crippen LogP contribution in [-0.2, 0) is 11.0 Å². The molecular formula is C44H36F5N9O3S2. The van der Waals surface area contributed by atoms with Crippen LogP contribution in [-0.4, -0.2) is 53.0 Å². The molecule has 1 saturated heterocycles. The van der Waals surface area contributed by atoms with Gasteiger partial charge in [-0.15, -0.1) is 0 Å². The number of nitrogens with one attached hydrogen (secondary N) is 3. The highest BCUT2D eigenvalue weighted by Crippen LogP contribution is 2.48. The molecule has 2 aliphatic carbocycles. The second-order valence-electron chi connectivity index (χ2n) is 14.2. The molecule has 1 spiro atoms. The Morgan fingerprint density at radius 1 is 0.905 bits per heavy atom. The van der Waals surface area contributed by atoms with E-state index in [9.17, 15) is 36.3 Å². The number of nitriles is 2. The summed E-state index contributed by atoms with van der Waals surface area (Å²) in [6.45, 7) is 3.58. The average molecular weight is 904 g/mol. The van der Waals surface area contributed by atoms with Crippen LogP contribution in [0, 0.1) is 47.8 Å². The summed E-state index contributed by atoms with van der Waals surface area (Å²) in [5.74, 6) is -4.05. The number of carbonyl (C=O) groups is 3. The van der Waals surface area contributed by atoms with Crippen molar-refractivity contribution in [2.45, 2.75) is 62.7 Å². The van der Waals surface area contributed by atoms with Gasteiger partial charge in [0.05, 0.1) is 51.8 Å². The molecule has 3 amide bonds. The van der Waals surface area contributed by atoms with Crippen LogP contribution in [0.4, 0.5) is 50.4 Å². The zero-order chi connectivity index (χ0) is 51.3. The first kappa shape index (κ1) is 38.8. The molecule has 3 fully saturated rings. The highest BCUT2D eigenvalue weighted by atomic mass is 32.1. The zero-order valence-corrected chi connectivity index (χ0v) is 34.4. The smallest absolute Gasteiger partial charge is 0.367 e. The van der Waals surface area contributed by atoms with Crippen molar-refractivity contribution in [1.82, 2.24) is 10.6 Å². The van der Waals surface area contributed by atoms with Crippen molar-refractivity contribution in [3.63, 3.8) is 0 Å². The van der Waals surface area contributed by atoms with E-state index in [-0.39, 0.29) is 22.3 Å². The number of amides is 3. The highest BCUT2D eigenvalue weighted by molar-refractivity contribution is 7.81. The Kier molecular flexibility index (Phi) is 11.9. The van der Waals surface area contributed by atoms with Gasteiger partial charge < -0.3 is 20.9 Å². The van der Waals surface area contributed by atoms with Crippen LogP contribution in [0.3, 0.4) is 0 Å². The van der Waals surface area contributed by atoms with Crippen LogP contribution in [0.25, 0.3) is 4.85 Å². The molecule has 0 atom stereocenters. The molecule has 0 aromatic heterocycles. The summed E-state index contributed by atoms with van der Waals surface area (Å²) in [6, 6.07) is 19.2. The number of rotatable bonds is 7. The Bertz CT molecular complexity index is 2900. The van der Waals surface area contributed by atoms with Gasteiger partial charge in [0.1, 0.15) is 22.7 Å². The Morgan fingerprint density at radius 3 is 2.00 bits per heavy atom. The van der Waals surface area contributed by atoms with E-state index in [1.54, 1.807) is 40.7 Å². The number of benzene rings is 4. The van der Waals surface area contributed by atoms with Gasteiger partial charge in [0.2, 0.25) is 0 Å². The maximum atomic E-state index is 14.8. The summed E-state index contributed by atoms with van der Waals surface area (Å²) in [4.78, 5) is 47.1. The maximum absolute atomic E-state index is 14.8. The minimum atomic E-state index is -4.57. The van der Waals surface area contributed by atoms with E-state index in [2.05, 4.69) is 33.4 Å². The van der Waals surface area contributed by atoms with Gasteiger partial charge in [0, 0.05) is 39.2 Å². The molecule has 322 valence electrons. The number of aryl methyl sites for hydroxylation is 1. The van der Waals surface area contributed by atoms with Gasteiger partial charge in [0.25, 0.3) is 17.7 Å². The van der Waals surface area contributed by atoms with Crippen molar-refractivity contribution < 1.29 is 44.6 Å². The Balaban J connectivity index is 0.000000211. The first-order valence-corrected chi connectivity index (χ1v) is 19.3. The van der Waals surface area contributed by atoms with E-state index in [0.29, 0.717) is 54.0 Å². The summed E-state index contributed by atoms with van der Waals surface area (Å²) in [6.07, 6.45) is -0.399. The third-order valence-corrected chi connectivity index (χ3v) is 10.9. The number of halogens is 5. The predicted molar refractivity (Wildman–Crippen MR) is 233 cm³/mol. The first-order valence-electron chi connectivity index (χ1n) is 21.5. The summed E-state index contributed by atoms with van der Waals surface area (Å²) >= 11 is 9.92. The maximum Gasteiger partial charge on any atom is 0.417 e. The molecule has 4 aromatic rings. The van der Waals surface area contributed by atoms with Gasteiger partial charge >= 0.3 is 6.18 Å². The molecule has 4 aromatic carbocycles. The van der Waals surface area contributed by atoms with Crippen LogP contribution in [0.15, 0.2) is 77.8 Å². The van der Waals surface area contributed by atoms with E-state index in [4.69, 9.17) is 37.5 Å². The molecule has 0 bridgehead atoms. The van der Waals surface area contributed by atoms with Crippen LogP contribution in [0.5, 0.6) is 0 Å². The molecule has 1 aliphatic heterocycles. The zero-order valence-electron chi connectivity index (χ0n) is 38.8. The van der Waals surface area contributed by atoms with Crippen LogP contribution in [0.1, 0.15) is 84.2 Å². The molecule has 3 aliphatic rings. The summed E-state index contributed by atoms with van der Waals surface area (Å²) in [5.41, 5.74) is -1.43. The molecule has 19 heteroatoms. The minimum Gasteiger partial charge on any atom is -0.367 e. The van der Waals surface area contributed by atoms with E-state index < -0.39 is 71.3 Å². The normalized spacial score (nSPS) is 17.1. The topological polar surface area (TPSA) is 158 Å². The molecule has 0 radical (unpaired) electrons. The molecule has 1 heterocycles. The quantitative estimate of drug-likeness (QED) is 0.0711. The number of hydrogen-bond donors (Lipinski definition) is 3. The largest absolute Gasteiger partial charge is 0.417 e.